The van der Waals surface area contributed by atoms with Crippen LogP contribution in [0, 0.1) is 17.4 Å². The lowest BCUT2D eigenvalue weighted by molar-refractivity contribution is 0.318. The van der Waals surface area contributed by atoms with Crippen molar-refractivity contribution in [2.75, 3.05) is 13.1 Å². The van der Waals surface area contributed by atoms with Crippen LogP contribution in [-0.2, 0) is 0 Å². The van der Waals surface area contributed by atoms with Crippen molar-refractivity contribution in [2.45, 2.75) is 33.6 Å². The standard InChI is InChI=1S/C9H18N2/c1-4-9(5-2)7-11(6-3)8-10/h9H,4-7H2,1-3H3. The maximum absolute atomic E-state index is 8.64. The molecule has 0 spiro atoms. The third-order valence-corrected chi connectivity index (χ3v) is 2.16. The summed E-state index contributed by atoms with van der Waals surface area (Å²) in [6.45, 7) is 8.15. The molecule has 0 radical (unpaired) electrons. The summed E-state index contributed by atoms with van der Waals surface area (Å²) in [4.78, 5) is 1.82. The summed E-state index contributed by atoms with van der Waals surface area (Å²) in [7, 11) is 0. The second-order valence-electron chi connectivity index (χ2n) is 2.82. The molecule has 0 aliphatic rings. The highest BCUT2D eigenvalue weighted by molar-refractivity contribution is 4.74. The molecule has 0 aliphatic carbocycles. The average Bonchev–Trinajstić information content (AvgIpc) is 2.07. The predicted molar refractivity (Wildman–Crippen MR) is 46.9 cm³/mol. The van der Waals surface area contributed by atoms with E-state index < -0.39 is 0 Å². The summed E-state index contributed by atoms with van der Waals surface area (Å²) in [5.41, 5.74) is 0. The van der Waals surface area contributed by atoms with Gasteiger partial charge in [0.25, 0.3) is 0 Å². The molecule has 0 aromatic heterocycles. The van der Waals surface area contributed by atoms with Gasteiger partial charge in [-0.3, -0.25) is 0 Å². The van der Waals surface area contributed by atoms with Crippen molar-refractivity contribution >= 4 is 0 Å². The minimum absolute atomic E-state index is 0.689. The zero-order valence-corrected chi connectivity index (χ0v) is 7.80. The topological polar surface area (TPSA) is 27.0 Å². The van der Waals surface area contributed by atoms with Crippen LogP contribution in [0.1, 0.15) is 33.6 Å². The van der Waals surface area contributed by atoms with Gasteiger partial charge in [0.2, 0.25) is 0 Å². The van der Waals surface area contributed by atoms with Gasteiger partial charge in [0, 0.05) is 13.1 Å². The molecule has 0 bridgehead atoms. The van der Waals surface area contributed by atoms with Crippen LogP contribution in [0.3, 0.4) is 0 Å². The van der Waals surface area contributed by atoms with E-state index in [1.165, 1.54) is 12.8 Å². The maximum Gasteiger partial charge on any atom is 0.179 e. The van der Waals surface area contributed by atoms with Gasteiger partial charge in [-0.15, -0.1) is 0 Å². The molecule has 0 amide bonds. The van der Waals surface area contributed by atoms with E-state index in [4.69, 9.17) is 5.26 Å². The highest BCUT2D eigenvalue weighted by Crippen LogP contribution is 2.08. The summed E-state index contributed by atoms with van der Waals surface area (Å²) < 4.78 is 0. The fourth-order valence-electron chi connectivity index (χ4n) is 1.10. The van der Waals surface area contributed by atoms with Gasteiger partial charge in [-0.05, 0) is 12.8 Å². The van der Waals surface area contributed by atoms with Crippen LogP contribution in [-0.4, -0.2) is 18.0 Å². The van der Waals surface area contributed by atoms with Crippen molar-refractivity contribution in [1.82, 2.24) is 4.90 Å². The number of rotatable bonds is 5. The Morgan fingerprint density at radius 3 is 2.09 bits per heavy atom. The van der Waals surface area contributed by atoms with Gasteiger partial charge in [-0.2, -0.15) is 5.26 Å². The van der Waals surface area contributed by atoms with Crippen LogP contribution in [0.4, 0.5) is 0 Å². The summed E-state index contributed by atoms with van der Waals surface area (Å²) in [5.74, 6) is 0.689. The smallest absolute Gasteiger partial charge is 0.179 e. The Morgan fingerprint density at radius 1 is 1.27 bits per heavy atom. The quantitative estimate of drug-likeness (QED) is 0.448. The van der Waals surface area contributed by atoms with Crippen molar-refractivity contribution in [2.24, 2.45) is 5.92 Å². The van der Waals surface area contributed by atoms with Crippen LogP contribution in [0.15, 0.2) is 0 Å². The van der Waals surface area contributed by atoms with E-state index in [0.717, 1.165) is 13.1 Å². The van der Waals surface area contributed by atoms with E-state index in [0.29, 0.717) is 5.92 Å². The fraction of sp³-hybridized carbons (Fsp3) is 0.889. The molecule has 11 heavy (non-hydrogen) atoms. The molecule has 0 heterocycles. The molecule has 0 aliphatic heterocycles. The van der Waals surface area contributed by atoms with Gasteiger partial charge < -0.3 is 4.90 Å². The van der Waals surface area contributed by atoms with Crippen molar-refractivity contribution in [3.63, 3.8) is 0 Å². The highest BCUT2D eigenvalue weighted by Gasteiger charge is 2.06. The van der Waals surface area contributed by atoms with E-state index in [9.17, 15) is 0 Å². The molecule has 0 fully saturated rings. The number of hydrogen-bond acceptors (Lipinski definition) is 2. The lowest BCUT2D eigenvalue weighted by atomic mass is 10.0. The summed E-state index contributed by atoms with van der Waals surface area (Å²) in [6, 6.07) is 0. The summed E-state index contributed by atoms with van der Waals surface area (Å²) >= 11 is 0. The molecule has 2 nitrogen and oxygen atoms in total. The first kappa shape index (κ1) is 10.3. The van der Waals surface area contributed by atoms with Crippen molar-refractivity contribution in [3.8, 4) is 6.19 Å². The van der Waals surface area contributed by atoms with Crippen molar-refractivity contribution < 1.29 is 0 Å². The lowest BCUT2D eigenvalue weighted by Gasteiger charge is -2.19. The fourth-order valence-corrected chi connectivity index (χ4v) is 1.10. The maximum atomic E-state index is 8.64. The molecule has 0 saturated heterocycles. The lowest BCUT2D eigenvalue weighted by Crippen LogP contribution is -2.24. The average molecular weight is 154 g/mol. The summed E-state index contributed by atoms with van der Waals surface area (Å²) in [6.07, 6.45) is 4.53. The molecule has 0 N–H and O–H groups in total. The minimum Gasteiger partial charge on any atom is -0.311 e. The largest absolute Gasteiger partial charge is 0.311 e. The molecule has 0 atom stereocenters. The molecule has 64 valence electrons. The number of nitriles is 1. The molecule has 0 saturated carbocycles. The van der Waals surface area contributed by atoms with Gasteiger partial charge in [-0.1, -0.05) is 26.7 Å². The van der Waals surface area contributed by atoms with Crippen LogP contribution >= 0.6 is 0 Å². The SMILES string of the molecule is CCC(CC)CN(C#N)CC. The van der Waals surface area contributed by atoms with Crippen molar-refractivity contribution in [3.05, 3.63) is 0 Å². The summed E-state index contributed by atoms with van der Waals surface area (Å²) in [5, 5.41) is 8.64. The first-order valence-electron chi connectivity index (χ1n) is 4.43. The molecule has 0 unspecified atom stereocenters. The first-order valence-corrected chi connectivity index (χ1v) is 4.43. The normalized spacial score (nSPS) is 9.73. The van der Waals surface area contributed by atoms with E-state index in [2.05, 4.69) is 20.0 Å². The van der Waals surface area contributed by atoms with Crippen LogP contribution in [0.2, 0.25) is 0 Å². The zero-order chi connectivity index (χ0) is 8.69. The Kier molecular flexibility index (Phi) is 5.64. The van der Waals surface area contributed by atoms with Crippen LogP contribution in [0.5, 0.6) is 0 Å². The number of hydrogen-bond donors (Lipinski definition) is 0. The third-order valence-electron chi connectivity index (χ3n) is 2.16. The third kappa shape index (κ3) is 3.87. The van der Waals surface area contributed by atoms with Gasteiger partial charge in [0.1, 0.15) is 0 Å². The van der Waals surface area contributed by atoms with Crippen LogP contribution in [0.25, 0.3) is 0 Å². The van der Waals surface area contributed by atoms with Crippen LogP contribution < -0.4 is 0 Å². The molecule has 0 aromatic rings. The molecule has 0 rings (SSSR count). The number of nitrogens with zero attached hydrogens (tertiary/aromatic N) is 2. The monoisotopic (exact) mass is 154 g/mol. The van der Waals surface area contributed by atoms with E-state index in [-0.39, 0.29) is 0 Å². The Morgan fingerprint density at radius 2 is 1.82 bits per heavy atom. The molecular weight excluding hydrogens is 136 g/mol. The Labute approximate surface area is 69.8 Å². The van der Waals surface area contributed by atoms with Crippen molar-refractivity contribution in [1.29, 1.82) is 5.26 Å². The van der Waals surface area contributed by atoms with Gasteiger partial charge in [0.05, 0.1) is 0 Å². The van der Waals surface area contributed by atoms with Gasteiger partial charge >= 0.3 is 0 Å². The van der Waals surface area contributed by atoms with E-state index in [1.807, 2.05) is 11.8 Å². The van der Waals surface area contributed by atoms with Gasteiger partial charge in [-0.25, -0.2) is 0 Å². The van der Waals surface area contributed by atoms with E-state index >= 15 is 0 Å². The minimum atomic E-state index is 0.689. The Hall–Kier alpha value is -0.710. The zero-order valence-electron chi connectivity index (χ0n) is 7.80. The second kappa shape index (κ2) is 6.03. The second-order valence-corrected chi connectivity index (χ2v) is 2.82. The Balaban J connectivity index is 3.70. The first-order chi connectivity index (χ1) is 5.28. The highest BCUT2D eigenvalue weighted by atomic mass is 15.1. The predicted octanol–water partition coefficient (Wildman–Crippen LogP) is 2.23. The molecule has 0 aromatic carbocycles. The van der Waals surface area contributed by atoms with E-state index in [1.54, 1.807) is 0 Å². The molecule has 2 heteroatoms. The molecular formula is C9H18N2. The van der Waals surface area contributed by atoms with Gasteiger partial charge in [0.15, 0.2) is 6.19 Å². The Bertz CT molecular complexity index is 122.